The third-order valence-electron chi connectivity index (χ3n) is 2.95. The van der Waals surface area contributed by atoms with Crippen molar-refractivity contribution in [2.45, 2.75) is 19.8 Å². The van der Waals surface area contributed by atoms with Gasteiger partial charge in [0.05, 0.1) is 6.61 Å². The third kappa shape index (κ3) is 4.46. The maximum absolute atomic E-state index is 5.42. The fraction of sp³-hybridized carbons (Fsp3) is 0.375. The van der Waals surface area contributed by atoms with Crippen LogP contribution in [-0.2, 0) is 4.74 Å². The number of hydrogen-bond donors (Lipinski definition) is 0. The summed E-state index contributed by atoms with van der Waals surface area (Å²) in [6, 6.07) is 9.97. The van der Waals surface area contributed by atoms with E-state index in [0.717, 1.165) is 5.56 Å². The molecule has 0 bridgehead atoms. The second-order valence-electron chi connectivity index (χ2n) is 4.74. The Morgan fingerprint density at radius 2 is 2.06 bits per heavy atom. The molecule has 2 rings (SSSR count). The first-order valence-corrected chi connectivity index (χ1v) is 6.08. The van der Waals surface area contributed by atoms with Crippen LogP contribution in [0, 0.1) is 17.3 Å². The molecule has 17 heavy (non-hydrogen) atoms. The molecule has 1 nitrogen and oxygen atoms in total. The number of allylic oxidation sites excluding steroid dienone is 1. The van der Waals surface area contributed by atoms with Crippen molar-refractivity contribution in [2.24, 2.45) is 5.41 Å². The first-order chi connectivity index (χ1) is 8.29. The van der Waals surface area contributed by atoms with Gasteiger partial charge in [0, 0.05) is 5.56 Å². The Labute approximate surface area is 103 Å². The fourth-order valence-corrected chi connectivity index (χ4v) is 1.53. The molecule has 0 unspecified atom stereocenters. The quantitative estimate of drug-likeness (QED) is 0.434. The molecule has 0 aliphatic heterocycles. The predicted molar refractivity (Wildman–Crippen MR) is 70.6 cm³/mol. The summed E-state index contributed by atoms with van der Waals surface area (Å²) >= 11 is 0. The van der Waals surface area contributed by atoms with Crippen LogP contribution in [0.5, 0.6) is 0 Å². The summed E-state index contributed by atoms with van der Waals surface area (Å²) in [5, 5.41) is 0. The molecule has 0 atom stereocenters. The molecule has 0 saturated heterocycles. The number of rotatable bonds is 4. The van der Waals surface area contributed by atoms with Gasteiger partial charge in [-0.2, -0.15) is 0 Å². The molecule has 0 radical (unpaired) electrons. The Morgan fingerprint density at radius 1 is 1.29 bits per heavy atom. The first kappa shape index (κ1) is 12.0. The average Bonchev–Trinajstić information content (AvgIpc) is 3.08. The van der Waals surface area contributed by atoms with Crippen molar-refractivity contribution in [1.82, 2.24) is 0 Å². The van der Waals surface area contributed by atoms with Crippen molar-refractivity contribution >= 4 is 0 Å². The zero-order chi connectivity index (χ0) is 12.0. The van der Waals surface area contributed by atoms with Gasteiger partial charge in [-0.25, -0.2) is 0 Å². The van der Waals surface area contributed by atoms with Crippen LogP contribution in [0.2, 0.25) is 0 Å². The molecule has 1 fully saturated rings. The van der Waals surface area contributed by atoms with E-state index < -0.39 is 0 Å². The van der Waals surface area contributed by atoms with Crippen molar-refractivity contribution < 1.29 is 4.74 Å². The van der Waals surface area contributed by atoms with Gasteiger partial charge in [-0.15, -0.1) is 0 Å². The van der Waals surface area contributed by atoms with Gasteiger partial charge in [0.2, 0.25) is 0 Å². The van der Waals surface area contributed by atoms with E-state index >= 15 is 0 Å². The van der Waals surface area contributed by atoms with Gasteiger partial charge in [0.15, 0.2) is 0 Å². The van der Waals surface area contributed by atoms with Gasteiger partial charge in [-0.1, -0.05) is 49.1 Å². The van der Waals surface area contributed by atoms with Crippen LogP contribution in [0.1, 0.15) is 25.3 Å². The highest BCUT2D eigenvalue weighted by Gasteiger charge is 2.33. The van der Waals surface area contributed by atoms with Gasteiger partial charge < -0.3 is 4.74 Å². The Morgan fingerprint density at radius 3 is 2.76 bits per heavy atom. The fourth-order valence-electron chi connectivity index (χ4n) is 1.53. The molecule has 1 aliphatic rings. The average molecular weight is 226 g/mol. The molecular formula is C16H18O. The standard InChI is InChI=1S/C16H18O/c1-16(11-12-16)10-6-14-17-13-5-9-15-7-3-2-4-8-15/h2-4,6-8,10H,11-14H2,1H3/b10-6+. The van der Waals surface area contributed by atoms with Gasteiger partial charge in [0.1, 0.15) is 6.61 Å². The maximum atomic E-state index is 5.42. The first-order valence-electron chi connectivity index (χ1n) is 6.08. The Kier molecular flexibility index (Phi) is 4.01. The summed E-state index contributed by atoms with van der Waals surface area (Å²) in [6.07, 6.45) is 7.00. The molecule has 0 heterocycles. The van der Waals surface area contributed by atoms with E-state index in [1.54, 1.807) is 0 Å². The summed E-state index contributed by atoms with van der Waals surface area (Å²) in [4.78, 5) is 0. The molecule has 0 amide bonds. The van der Waals surface area contributed by atoms with Gasteiger partial charge in [-0.05, 0) is 30.4 Å². The number of benzene rings is 1. The van der Waals surface area contributed by atoms with Crippen molar-refractivity contribution in [1.29, 1.82) is 0 Å². The van der Waals surface area contributed by atoms with E-state index in [9.17, 15) is 0 Å². The molecule has 88 valence electrons. The van der Waals surface area contributed by atoms with Crippen molar-refractivity contribution in [3.63, 3.8) is 0 Å². The van der Waals surface area contributed by atoms with Gasteiger partial charge in [-0.3, -0.25) is 0 Å². The zero-order valence-corrected chi connectivity index (χ0v) is 10.3. The lowest BCUT2D eigenvalue weighted by Crippen LogP contribution is -1.93. The van der Waals surface area contributed by atoms with Gasteiger partial charge >= 0.3 is 0 Å². The summed E-state index contributed by atoms with van der Waals surface area (Å²) in [5.41, 5.74) is 1.51. The molecule has 0 N–H and O–H groups in total. The minimum absolute atomic E-state index is 0.471. The van der Waals surface area contributed by atoms with Crippen LogP contribution >= 0.6 is 0 Å². The minimum Gasteiger partial charge on any atom is -0.365 e. The second-order valence-corrected chi connectivity index (χ2v) is 4.74. The molecule has 1 aliphatic carbocycles. The van der Waals surface area contributed by atoms with Crippen LogP contribution in [0.4, 0.5) is 0 Å². The lowest BCUT2D eigenvalue weighted by atomic mass is 10.1. The minimum atomic E-state index is 0.471. The Hall–Kier alpha value is -1.52. The number of hydrogen-bond acceptors (Lipinski definition) is 1. The van der Waals surface area contributed by atoms with E-state index in [1.807, 2.05) is 30.3 Å². The van der Waals surface area contributed by atoms with E-state index in [4.69, 9.17) is 4.74 Å². The molecular weight excluding hydrogens is 208 g/mol. The van der Waals surface area contributed by atoms with Crippen LogP contribution in [0.3, 0.4) is 0 Å². The smallest absolute Gasteiger partial charge is 0.108 e. The van der Waals surface area contributed by atoms with E-state index in [0.29, 0.717) is 18.6 Å². The molecule has 0 spiro atoms. The molecule has 1 aromatic rings. The van der Waals surface area contributed by atoms with Crippen LogP contribution in [0.25, 0.3) is 0 Å². The van der Waals surface area contributed by atoms with Crippen molar-refractivity contribution in [3.05, 3.63) is 48.0 Å². The third-order valence-corrected chi connectivity index (χ3v) is 2.95. The van der Waals surface area contributed by atoms with E-state index in [-0.39, 0.29) is 0 Å². The molecule has 1 heteroatoms. The van der Waals surface area contributed by atoms with Crippen LogP contribution in [-0.4, -0.2) is 13.2 Å². The Balaban J connectivity index is 1.63. The van der Waals surface area contributed by atoms with Gasteiger partial charge in [0.25, 0.3) is 0 Å². The normalized spacial score (nSPS) is 16.5. The number of ether oxygens (including phenoxy) is 1. The van der Waals surface area contributed by atoms with Crippen molar-refractivity contribution in [2.75, 3.05) is 13.2 Å². The van der Waals surface area contributed by atoms with Crippen molar-refractivity contribution in [3.8, 4) is 11.8 Å². The lowest BCUT2D eigenvalue weighted by Gasteiger charge is -1.98. The zero-order valence-electron chi connectivity index (χ0n) is 10.3. The Bertz CT molecular complexity index is 430. The van der Waals surface area contributed by atoms with Crippen LogP contribution in [0.15, 0.2) is 42.5 Å². The second kappa shape index (κ2) is 5.70. The highest BCUT2D eigenvalue weighted by molar-refractivity contribution is 5.33. The highest BCUT2D eigenvalue weighted by atomic mass is 16.5. The monoisotopic (exact) mass is 226 g/mol. The highest BCUT2D eigenvalue weighted by Crippen LogP contribution is 2.46. The summed E-state index contributed by atoms with van der Waals surface area (Å²) in [5.74, 6) is 6.07. The summed E-state index contributed by atoms with van der Waals surface area (Å²) < 4.78 is 5.42. The van der Waals surface area contributed by atoms with Crippen LogP contribution < -0.4 is 0 Å². The summed E-state index contributed by atoms with van der Waals surface area (Å²) in [7, 11) is 0. The maximum Gasteiger partial charge on any atom is 0.108 e. The predicted octanol–water partition coefficient (Wildman–Crippen LogP) is 3.41. The topological polar surface area (TPSA) is 9.23 Å². The largest absolute Gasteiger partial charge is 0.365 e. The van der Waals surface area contributed by atoms with E-state index in [1.165, 1.54) is 12.8 Å². The summed E-state index contributed by atoms with van der Waals surface area (Å²) in [6.45, 7) is 3.44. The SMILES string of the molecule is CC1(/C=C/COCC#Cc2ccccc2)CC1. The molecule has 0 aromatic heterocycles. The molecule has 1 saturated carbocycles. The lowest BCUT2D eigenvalue weighted by molar-refractivity contribution is 0.199. The van der Waals surface area contributed by atoms with E-state index in [2.05, 4.69) is 30.9 Å². The molecule has 1 aromatic carbocycles.